The molecule has 0 aromatic carbocycles. The second-order valence-electron chi connectivity index (χ2n) is 4.64. The van der Waals surface area contributed by atoms with Crippen molar-refractivity contribution in [1.29, 1.82) is 0 Å². The first-order valence-electron chi connectivity index (χ1n) is 7.60. The van der Waals surface area contributed by atoms with Crippen molar-refractivity contribution in [3.05, 3.63) is 0 Å². The Morgan fingerprint density at radius 3 is 1.89 bits per heavy atom. The summed E-state index contributed by atoms with van der Waals surface area (Å²) in [5.41, 5.74) is 0. The Morgan fingerprint density at radius 1 is 0.778 bits per heavy atom. The molecule has 0 heterocycles. The van der Waals surface area contributed by atoms with E-state index >= 15 is 0 Å². The van der Waals surface area contributed by atoms with Crippen LogP contribution in [0.4, 0.5) is 0 Å². The van der Waals surface area contributed by atoms with Gasteiger partial charge in [-0.05, 0) is 26.3 Å². The first-order chi connectivity index (χ1) is 8.74. The molecule has 0 atom stereocenters. The van der Waals surface area contributed by atoms with Crippen LogP contribution in [0, 0.1) is 0 Å². The molecule has 4 heteroatoms. The SMILES string of the molecule is CCCCCOC[Si](CCCC)(OCC)OCC. The fourth-order valence-electron chi connectivity index (χ4n) is 2.00. The second kappa shape index (κ2) is 12.1. The summed E-state index contributed by atoms with van der Waals surface area (Å²) < 4.78 is 17.8. The van der Waals surface area contributed by atoms with Crippen LogP contribution in [0.3, 0.4) is 0 Å². The summed E-state index contributed by atoms with van der Waals surface area (Å²) >= 11 is 0. The van der Waals surface area contributed by atoms with Gasteiger partial charge in [-0.2, -0.15) is 0 Å². The largest absolute Gasteiger partial charge is 0.393 e. The molecular weight excluding hydrogens is 244 g/mol. The minimum absolute atomic E-state index is 0.693. The Hall–Kier alpha value is 0.0969. The normalized spacial score (nSPS) is 12.0. The average molecular weight is 276 g/mol. The highest BCUT2D eigenvalue weighted by molar-refractivity contribution is 6.67. The van der Waals surface area contributed by atoms with Gasteiger partial charge in [-0.15, -0.1) is 0 Å². The van der Waals surface area contributed by atoms with Gasteiger partial charge in [0.2, 0.25) is 0 Å². The monoisotopic (exact) mass is 276 g/mol. The van der Waals surface area contributed by atoms with Crippen molar-refractivity contribution >= 4 is 8.56 Å². The Morgan fingerprint density at radius 2 is 1.39 bits per heavy atom. The summed E-state index contributed by atoms with van der Waals surface area (Å²) in [5, 5.41) is 0. The third kappa shape index (κ3) is 8.24. The molecule has 18 heavy (non-hydrogen) atoms. The highest BCUT2D eigenvalue weighted by Crippen LogP contribution is 2.18. The van der Waals surface area contributed by atoms with E-state index in [1.165, 1.54) is 25.7 Å². The number of unbranched alkanes of at least 4 members (excludes halogenated alkanes) is 3. The first kappa shape index (κ1) is 18.1. The van der Waals surface area contributed by atoms with Gasteiger partial charge in [-0.25, -0.2) is 0 Å². The molecule has 0 aliphatic heterocycles. The summed E-state index contributed by atoms with van der Waals surface area (Å²) in [6, 6.07) is 1.05. The lowest BCUT2D eigenvalue weighted by atomic mass is 10.3. The first-order valence-corrected chi connectivity index (χ1v) is 9.83. The third-order valence-corrected chi connectivity index (χ3v) is 6.33. The minimum atomic E-state index is -2.10. The number of ether oxygens (including phenoxy) is 1. The Balaban J connectivity index is 4.14. The van der Waals surface area contributed by atoms with Crippen LogP contribution in [0.25, 0.3) is 0 Å². The summed E-state index contributed by atoms with van der Waals surface area (Å²) in [7, 11) is -2.10. The molecule has 0 rings (SSSR count). The van der Waals surface area contributed by atoms with Crippen LogP contribution in [-0.2, 0) is 13.6 Å². The standard InChI is InChI=1S/C14H32O3Si/c1-5-9-11-12-15-14-18(16-7-3,17-8-4)13-10-6-2/h5-14H2,1-4H3. The number of rotatable bonds is 13. The lowest BCUT2D eigenvalue weighted by Gasteiger charge is -2.29. The van der Waals surface area contributed by atoms with Crippen molar-refractivity contribution in [2.45, 2.75) is 65.8 Å². The van der Waals surface area contributed by atoms with Crippen molar-refractivity contribution in [2.75, 3.05) is 26.1 Å². The van der Waals surface area contributed by atoms with E-state index in [-0.39, 0.29) is 0 Å². The molecule has 0 bridgehead atoms. The molecule has 0 aromatic heterocycles. The average Bonchev–Trinajstić information content (AvgIpc) is 2.37. The zero-order valence-electron chi connectivity index (χ0n) is 12.8. The van der Waals surface area contributed by atoms with E-state index in [4.69, 9.17) is 13.6 Å². The second-order valence-corrected chi connectivity index (χ2v) is 7.83. The van der Waals surface area contributed by atoms with Crippen molar-refractivity contribution in [3.8, 4) is 0 Å². The van der Waals surface area contributed by atoms with Gasteiger partial charge in [0.1, 0.15) is 0 Å². The molecule has 0 fully saturated rings. The molecule has 0 spiro atoms. The molecule has 0 saturated heterocycles. The van der Waals surface area contributed by atoms with Crippen LogP contribution in [0.5, 0.6) is 0 Å². The quantitative estimate of drug-likeness (QED) is 0.375. The van der Waals surface area contributed by atoms with Crippen molar-refractivity contribution in [1.82, 2.24) is 0 Å². The van der Waals surface area contributed by atoms with Crippen LogP contribution in [0.15, 0.2) is 0 Å². The Bertz CT molecular complexity index is 170. The molecule has 0 amide bonds. The summed E-state index contributed by atoms with van der Waals surface area (Å²) in [6.07, 6.45) is 6.67. The third-order valence-electron chi connectivity index (χ3n) is 2.94. The summed E-state index contributed by atoms with van der Waals surface area (Å²) in [4.78, 5) is 0. The van der Waals surface area contributed by atoms with Gasteiger partial charge >= 0.3 is 8.56 Å². The van der Waals surface area contributed by atoms with Crippen LogP contribution in [0.2, 0.25) is 6.04 Å². The van der Waals surface area contributed by atoms with E-state index in [0.717, 1.165) is 32.3 Å². The Kier molecular flexibility index (Phi) is 12.2. The maximum atomic E-state index is 5.97. The van der Waals surface area contributed by atoms with E-state index in [1.54, 1.807) is 0 Å². The molecule has 0 saturated carbocycles. The van der Waals surface area contributed by atoms with E-state index in [1.807, 2.05) is 13.8 Å². The maximum absolute atomic E-state index is 5.97. The number of hydrogen-bond acceptors (Lipinski definition) is 3. The van der Waals surface area contributed by atoms with Gasteiger partial charge in [-0.1, -0.05) is 39.5 Å². The molecule has 0 aromatic rings. The van der Waals surface area contributed by atoms with Crippen molar-refractivity contribution in [2.24, 2.45) is 0 Å². The molecule has 3 nitrogen and oxygen atoms in total. The summed E-state index contributed by atoms with van der Waals surface area (Å²) in [6.45, 7) is 10.8. The molecular formula is C14H32O3Si. The van der Waals surface area contributed by atoms with Crippen molar-refractivity contribution < 1.29 is 13.6 Å². The van der Waals surface area contributed by atoms with E-state index < -0.39 is 8.56 Å². The van der Waals surface area contributed by atoms with Crippen LogP contribution in [0.1, 0.15) is 59.8 Å². The fourth-order valence-corrected chi connectivity index (χ4v) is 5.08. The fraction of sp³-hybridized carbons (Fsp3) is 1.00. The topological polar surface area (TPSA) is 27.7 Å². The van der Waals surface area contributed by atoms with Crippen LogP contribution >= 0.6 is 0 Å². The maximum Gasteiger partial charge on any atom is 0.364 e. The molecule has 110 valence electrons. The van der Waals surface area contributed by atoms with Gasteiger partial charge in [0.25, 0.3) is 0 Å². The van der Waals surface area contributed by atoms with Gasteiger partial charge in [0.05, 0.1) is 6.23 Å². The zero-order valence-corrected chi connectivity index (χ0v) is 13.8. The van der Waals surface area contributed by atoms with Crippen molar-refractivity contribution in [3.63, 3.8) is 0 Å². The highest BCUT2D eigenvalue weighted by atomic mass is 28.4. The lowest BCUT2D eigenvalue weighted by molar-refractivity contribution is 0.102. The predicted molar refractivity (Wildman–Crippen MR) is 79.1 cm³/mol. The van der Waals surface area contributed by atoms with Crippen LogP contribution < -0.4 is 0 Å². The minimum Gasteiger partial charge on any atom is -0.393 e. The predicted octanol–water partition coefficient (Wildman–Crippen LogP) is 4.05. The summed E-state index contributed by atoms with van der Waals surface area (Å²) in [5.74, 6) is 0. The Labute approximate surface area is 114 Å². The molecule has 0 unspecified atom stereocenters. The van der Waals surface area contributed by atoms with Crippen LogP contribution in [-0.4, -0.2) is 34.6 Å². The van der Waals surface area contributed by atoms with E-state index in [9.17, 15) is 0 Å². The highest BCUT2D eigenvalue weighted by Gasteiger charge is 2.36. The molecule has 0 radical (unpaired) electrons. The zero-order chi connectivity index (χ0) is 13.7. The van der Waals surface area contributed by atoms with Gasteiger partial charge in [0.15, 0.2) is 0 Å². The van der Waals surface area contributed by atoms with Gasteiger partial charge in [-0.3, -0.25) is 0 Å². The lowest BCUT2D eigenvalue weighted by Crippen LogP contribution is -2.47. The van der Waals surface area contributed by atoms with E-state index in [2.05, 4.69) is 13.8 Å². The van der Waals surface area contributed by atoms with Gasteiger partial charge in [0, 0.05) is 19.8 Å². The molecule has 0 aliphatic rings. The van der Waals surface area contributed by atoms with E-state index in [0.29, 0.717) is 6.23 Å². The van der Waals surface area contributed by atoms with Gasteiger partial charge < -0.3 is 13.6 Å². The molecule has 0 aliphatic carbocycles. The smallest absolute Gasteiger partial charge is 0.364 e. The number of hydrogen-bond donors (Lipinski definition) is 0. The molecule has 0 N–H and O–H groups in total.